The number of anilines is 1. The molecule has 2 heterocycles. The molecule has 1 aromatic carbocycles. The molecule has 6 heteroatoms. The average molecular weight is 331 g/mol. The summed E-state index contributed by atoms with van der Waals surface area (Å²) in [5, 5.41) is 6.17. The summed E-state index contributed by atoms with van der Waals surface area (Å²) in [4.78, 5) is 19.0. The van der Waals surface area contributed by atoms with E-state index >= 15 is 0 Å². The normalized spacial score (nSPS) is 18.4. The zero-order chi connectivity index (χ0) is 16.0. The Morgan fingerprint density at radius 2 is 2.26 bits per heavy atom. The van der Waals surface area contributed by atoms with Crippen LogP contribution in [0.3, 0.4) is 0 Å². The first-order valence-corrected chi connectivity index (χ1v) is 8.77. The van der Waals surface area contributed by atoms with Gasteiger partial charge in [-0.3, -0.25) is 4.90 Å². The molecule has 1 fully saturated rings. The molecule has 2 amide bonds. The number of amides is 2. The van der Waals surface area contributed by atoms with E-state index in [0.29, 0.717) is 24.2 Å². The van der Waals surface area contributed by atoms with E-state index in [0.717, 1.165) is 30.0 Å². The third-order valence-corrected chi connectivity index (χ3v) is 5.96. The fourth-order valence-corrected chi connectivity index (χ4v) is 4.38. The van der Waals surface area contributed by atoms with E-state index in [1.807, 2.05) is 18.4 Å². The van der Waals surface area contributed by atoms with E-state index in [4.69, 9.17) is 0 Å². The number of nitrogens with one attached hydrogen (secondary N) is 1. The Morgan fingerprint density at radius 1 is 1.43 bits per heavy atom. The van der Waals surface area contributed by atoms with Gasteiger partial charge in [0, 0.05) is 23.2 Å². The predicted molar refractivity (Wildman–Crippen MR) is 88.4 cm³/mol. The van der Waals surface area contributed by atoms with Gasteiger partial charge in [0.15, 0.2) is 0 Å². The van der Waals surface area contributed by atoms with Gasteiger partial charge in [0.2, 0.25) is 0 Å². The highest BCUT2D eigenvalue weighted by atomic mass is 32.1. The Morgan fingerprint density at radius 3 is 2.91 bits per heavy atom. The minimum Gasteiger partial charge on any atom is -0.326 e. The average Bonchev–Trinajstić information content (AvgIpc) is 3.10. The number of hydrogen-bond donors (Lipinski definition) is 1. The van der Waals surface area contributed by atoms with Gasteiger partial charge in [0.25, 0.3) is 0 Å². The summed E-state index contributed by atoms with van der Waals surface area (Å²) in [5.74, 6) is -0.230. The van der Waals surface area contributed by atoms with Crippen molar-refractivity contribution < 1.29 is 9.18 Å². The Kier molecular flexibility index (Phi) is 3.37. The van der Waals surface area contributed by atoms with Gasteiger partial charge >= 0.3 is 6.03 Å². The quantitative estimate of drug-likeness (QED) is 0.911. The van der Waals surface area contributed by atoms with Crippen LogP contribution in [0.4, 0.5) is 14.9 Å². The fraction of sp³-hybridized carbons (Fsp3) is 0.412. The molecule has 1 aliphatic carbocycles. The molecule has 120 valence electrons. The van der Waals surface area contributed by atoms with Crippen LogP contribution in [0.2, 0.25) is 0 Å². The second-order valence-electron chi connectivity index (χ2n) is 6.30. The fourth-order valence-electron chi connectivity index (χ4n) is 3.37. The zero-order valence-corrected chi connectivity index (χ0v) is 13.8. The summed E-state index contributed by atoms with van der Waals surface area (Å²) in [7, 11) is 0. The Hall–Kier alpha value is -1.95. The third-order valence-electron chi connectivity index (χ3n) is 4.80. The van der Waals surface area contributed by atoms with Crippen molar-refractivity contribution in [2.75, 3.05) is 11.4 Å². The highest BCUT2D eigenvalue weighted by molar-refractivity contribution is 7.09. The molecule has 1 aromatic heterocycles. The van der Waals surface area contributed by atoms with Crippen molar-refractivity contribution >= 4 is 23.1 Å². The first-order valence-electron chi connectivity index (χ1n) is 7.89. The van der Waals surface area contributed by atoms with Crippen molar-refractivity contribution in [2.45, 2.75) is 38.1 Å². The van der Waals surface area contributed by atoms with Crippen LogP contribution in [0.15, 0.2) is 23.6 Å². The predicted octanol–water partition coefficient (Wildman–Crippen LogP) is 3.74. The van der Waals surface area contributed by atoms with Crippen LogP contribution in [-0.4, -0.2) is 17.6 Å². The lowest BCUT2D eigenvalue weighted by molar-refractivity contribution is 0.181. The first-order chi connectivity index (χ1) is 11.1. The molecule has 23 heavy (non-hydrogen) atoms. The zero-order valence-electron chi connectivity index (χ0n) is 12.9. The second-order valence-corrected chi connectivity index (χ2v) is 7.16. The lowest BCUT2D eigenvalue weighted by atomic mass is 9.77. The minimum atomic E-state index is -0.341. The lowest BCUT2D eigenvalue weighted by Crippen LogP contribution is -2.54. The summed E-state index contributed by atoms with van der Waals surface area (Å²) in [5.41, 5.74) is 1.97. The van der Waals surface area contributed by atoms with Gasteiger partial charge in [-0.1, -0.05) is 6.07 Å². The van der Waals surface area contributed by atoms with E-state index in [9.17, 15) is 9.18 Å². The maximum absolute atomic E-state index is 13.8. The molecule has 0 atom stereocenters. The van der Waals surface area contributed by atoms with Crippen molar-refractivity contribution in [2.24, 2.45) is 0 Å². The van der Waals surface area contributed by atoms with E-state index in [2.05, 4.69) is 10.3 Å². The summed E-state index contributed by atoms with van der Waals surface area (Å²) >= 11 is 1.60. The van der Waals surface area contributed by atoms with Gasteiger partial charge in [-0.25, -0.2) is 14.2 Å². The van der Waals surface area contributed by atoms with Crippen LogP contribution < -0.4 is 10.2 Å². The number of hydrogen-bond acceptors (Lipinski definition) is 3. The molecule has 0 radical (unpaired) electrons. The number of fused-ring (bicyclic) bond motifs is 1. The van der Waals surface area contributed by atoms with Gasteiger partial charge < -0.3 is 5.32 Å². The molecular weight excluding hydrogens is 313 g/mol. The monoisotopic (exact) mass is 331 g/mol. The summed E-state index contributed by atoms with van der Waals surface area (Å²) in [6.07, 6.45) is 3.48. The van der Waals surface area contributed by atoms with Gasteiger partial charge in [0.1, 0.15) is 10.8 Å². The van der Waals surface area contributed by atoms with E-state index in [1.165, 1.54) is 6.07 Å². The molecular formula is C17H18FN3OS. The number of carbonyl (C=O) groups is 1. The summed E-state index contributed by atoms with van der Waals surface area (Å²) in [6.45, 7) is 2.49. The SMILES string of the molecule is Cc1csc(C2(NC(=O)N3CCc4c(F)cccc43)CCC2)n1. The van der Waals surface area contributed by atoms with E-state index in [-0.39, 0.29) is 17.4 Å². The van der Waals surface area contributed by atoms with Crippen molar-refractivity contribution in [1.29, 1.82) is 0 Å². The molecule has 2 aliphatic rings. The van der Waals surface area contributed by atoms with Crippen LogP contribution in [0.1, 0.15) is 35.5 Å². The molecule has 4 nitrogen and oxygen atoms in total. The molecule has 1 N–H and O–H groups in total. The maximum atomic E-state index is 13.8. The largest absolute Gasteiger partial charge is 0.326 e. The lowest BCUT2D eigenvalue weighted by Gasteiger charge is -2.41. The minimum absolute atomic E-state index is 0.151. The van der Waals surface area contributed by atoms with Crippen molar-refractivity contribution in [1.82, 2.24) is 10.3 Å². The number of carbonyl (C=O) groups excluding carboxylic acids is 1. The first kappa shape index (κ1) is 14.6. The van der Waals surface area contributed by atoms with Crippen LogP contribution in [0, 0.1) is 12.7 Å². The number of aryl methyl sites for hydroxylation is 1. The maximum Gasteiger partial charge on any atom is 0.322 e. The van der Waals surface area contributed by atoms with Crippen molar-refractivity contribution in [3.8, 4) is 0 Å². The number of halogens is 1. The topological polar surface area (TPSA) is 45.2 Å². The third kappa shape index (κ3) is 2.32. The molecule has 0 unspecified atom stereocenters. The van der Waals surface area contributed by atoms with E-state index in [1.54, 1.807) is 22.3 Å². The van der Waals surface area contributed by atoms with Crippen LogP contribution in [0.25, 0.3) is 0 Å². The van der Waals surface area contributed by atoms with E-state index < -0.39 is 0 Å². The second kappa shape index (κ2) is 5.30. The number of aromatic nitrogens is 1. The highest BCUT2D eigenvalue weighted by Gasteiger charge is 2.44. The summed E-state index contributed by atoms with van der Waals surface area (Å²) in [6, 6.07) is 4.77. The highest BCUT2D eigenvalue weighted by Crippen LogP contribution is 2.43. The molecule has 0 bridgehead atoms. The molecule has 0 saturated heterocycles. The number of benzene rings is 1. The Labute approximate surface area is 138 Å². The van der Waals surface area contributed by atoms with Crippen molar-refractivity contribution in [3.05, 3.63) is 45.7 Å². The number of nitrogens with zero attached hydrogens (tertiary/aromatic N) is 2. The van der Waals surface area contributed by atoms with Gasteiger partial charge in [-0.2, -0.15) is 0 Å². The Balaban J connectivity index is 1.58. The molecule has 0 spiro atoms. The Bertz CT molecular complexity index is 769. The standard InChI is InChI=1S/C17H18FN3OS/c1-11-10-23-15(19-11)17(7-3-8-17)20-16(22)21-9-6-12-13(18)4-2-5-14(12)21/h2,4-5,10H,3,6-9H2,1H3,(H,20,22). The van der Waals surface area contributed by atoms with Gasteiger partial charge in [0.05, 0.1) is 11.2 Å². The van der Waals surface area contributed by atoms with Crippen LogP contribution in [0.5, 0.6) is 0 Å². The smallest absolute Gasteiger partial charge is 0.322 e. The number of rotatable bonds is 2. The van der Waals surface area contributed by atoms with Gasteiger partial charge in [-0.05, 0) is 44.7 Å². The summed E-state index contributed by atoms with van der Waals surface area (Å²) < 4.78 is 13.8. The number of urea groups is 1. The number of thiazole rings is 1. The molecule has 4 rings (SSSR count). The molecule has 1 aliphatic heterocycles. The van der Waals surface area contributed by atoms with Crippen molar-refractivity contribution in [3.63, 3.8) is 0 Å². The molecule has 1 saturated carbocycles. The van der Waals surface area contributed by atoms with Crippen LogP contribution in [-0.2, 0) is 12.0 Å². The van der Waals surface area contributed by atoms with Gasteiger partial charge in [-0.15, -0.1) is 11.3 Å². The molecule has 2 aromatic rings. The van der Waals surface area contributed by atoms with Crippen LogP contribution >= 0.6 is 11.3 Å².